The number of sulfonamides is 1. The molecule has 0 aliphatic carbocycles. The lowest BCUT2D eigenvalue weighted by atomic mass is 9.97. The van der Waals surface area contributed by atoms with Crippen molar-refractivity contribution in [2.45, 2.75) is 25.0 Å². The first-order valence-corrected chi connectivity index (χ1v) is 11.3. The van der Waals surface area contributed by atoms with Gasteiger partial charge in [-0.05, 0) is 42.0 Å². The quantitative estimate of drug-likeness (QED) is 0.402. The lowest BCUT2D eigenvalue weighted by Gasteiger charge is -2.29. The van der Waals surface area contributed by atoms with Gasteiger partial charge in [-0.3, -0.25) is 10.0 Å². The number of amides is 1. The van der Waals surface area contributed by atoms with Crippen molar-refractivity contribution in [2.75, 3.05) is 13.1 Å². The van der Waals surface area contributed by atoms with E-state index >= 15 is 0 Å². The first kappa shape index (κ1) is 22.0. The van der Waals surface area contributed by atoms with Gasteiger partial charge in [0.2, 0.25) is 10.0 Å². The van der Waals surface area contributed by atoms with Crippen LogP contribution in [0.25, 0.3) is 16.7 Å². The molecule has 0 saturated heterocycles. The number of rotatable bonds is 7. The molecule has 0 saturated carbocycles. The van der Waals surface area contributed by atoms with Crippen LogP contribution in [0.5, 0.6) is 0 Å². The van der Waals surface area contributed by atoms with Crippen LogP contribution in [0.2, 0.25) is 0 Å². The van der Waals surface area contributed by atoms with Gasteiger partial charge in [0.25, 0.3) is 5.91 Å². The lowest BCUT2D eigenvalue weighted by molar-refractivity contribution is -0.128. The number of nitrogens with zero attached hydrogens (tertiary/aromatic N) is 1. The molecule has 1 aliphatic rings. The normalized spacial score (nSPS) is 15.9. The Bertz CT molecular complexity index is 1040. The summed E-state index contributed by atoms with van der Waals surface area (Å²) in [7, 11) is -3.92. The van der Waals surface area contributed by atoms with Gasteiger partial charge in [0.1, 0.15) is 0 Å². The van der Waals surface area contributed by atoms with Crippen molar-refractivity contribution in [1.29, 1.82) is 0 Å². The van der Waals surface area contributed by atoms with Crippen LogP contribution >= 0.6 is 0 Å². The molecule has 7 heteroatoms. The zero-order chi connectivity index (χ0) is 21.7. The maximum Gasteiger partial charge on any atom is 0.263 e. The van der Waals surface area contributed by atoms with Gasteiger partial charge in [0.15, 0.2) is 5.25 Å². The fraction of sp³-hybridized carbons (Fsp3) is 0.261. The van der Waals surface area contributed by atoms with Crippen LogP contribution in [0.1, 0.15) is 25.3 Å². The second-order valence-corrected chi connectivity index (χ2v) is 9.57. The zero-order valence-corrected chi connectivity index (χ0v) is 17.7. The summed E-state index contributed by atoms with van der Waals surface area (Å²) in [6.45, 7) is 5.81. The Morgan fingerprint density at radius 1 is 1.10 bits per heavy atom. The summed E-state index contributed by atoms with van der Waals surface area (Å²) >= 11 is 0. The first-order valence-electron chi connectivity index (χ1n) is 9.75. The molecule has 30 heavy (non-hydrogen) atoms. The van der Waals surface area contributed by atoms with E-state index in [9.17, 15) is 13.2 Å². The van der Waals surface area contributed by atoms with Crippen LogP contribution in [0.4, 0.5) is 0 Å². The topological polar surface area (TPSA) is 86.7 Å². The van der Waals surface area contributed by atoms with Crippen LogP contribution < -0.4 is 5.48 Å². The second kappa shape index (κ2) is 9.38. The Morgan fingerprint density at radius 3 is 2.23 bits per heavy atom. The van der Waals surface area contributed by atoms with Gasteiger partial charge >= 0.3 is 0 Å². The number of hydrogen-bond acceptors (Lipinski definition) is 4. The van der Waals surface area contributed by atoms with Crippen molar-refractivity contribution < 1.29 is 18.4 Å². The number of carbonyl (C=O) groups excluding carboxylic acids is 1. The predicted octanol–water partition coefficient (Wildman–Crippen LogP) is 3.61. The third-order valence-electron chi connectivity index (χ3n) is 5.19. The standard InChI is InChI=1S/C23H26N2O4S/c1-17(2)16-22(23(26)24-27)30(28,29)25-14-12-21(13-15-25)20-10-8-19(9-11-20)18-6-4-3-5-7-18/h3-12,22,27H,1,13-16H2,2H3,(H,24,26). The molecule has 2 aromatic rings. The van der Waals surface area contributed by atoms with Gasteiger partial charge in [-0.1, -0.05) is 66.2 Å². The van der Waals surface area contributed by atoms with Gasteiger partial charge in [-0.2, -0.15) is 4.31 Å². The molecule has 0 radical (unpaired) electrons. The van der Waals surface area contributed by atoms with Crippen LogP contribution in [0, 0.1) is 0 Å². The average Bonchev–Trinajstić information content (AvgIpc) is 2.77. The third kappa shape index (κ3) is 4.87. The van der Waals surface area contributed by atoms with Crippen molar-refractivity contribution in [3.63, 3.8) is 0 Å². The molecule has 1 heterocycles. The van der Waals surface area contributed by atoms with E-state index in [2.05, 4.69) is 30.8 Å². The minimum Gasteiger partial charge on any atom is -0.289 e. The van der Waals surface area contributed by atoms with E-state index in [1.54, 1.807) is 6.92 Å². The number of allylic oxidation sites excluding steroid dienone is 1. The molecular formula is C23H26N2O4S. The molecule has 1 amide bonds. The SMILES string of the molecule is C=C(C)CC(C(=O)NO)S(=O)(=O)N1CC=C(c2ccc(-c3ccccc3)cc2)CC1. The Morgan fingerprint density at radius 2 is 1.70 bits per heavy atom. The highest BCUT2D eigenvalue weighted by Gasteiger charge is 2.37. The molecule has 0 aromatic heterocycles. The van der Waals surface area contributed by atoms with Crippen LogP contribution in [-0.2, 0) is 14.8 Å². The number of benzene rings is 2. The zero-order valence-electron chi connectivity index (χ0n) is 16.9. The van der Waals surface area contributed by atoms with E-state index in [0.717, 1.165) is 22.3 Å². The summed E-state index contributed by atoms with van der Waals surface area (Å²) in [5.41, 5.74) is 6.42. The Balaban J connectivity index is 1.75. The van der Waals surface area contributed by atoms with Crippen molar-refractivity contribution in [3.8, 4) is 11.1 Å². The third-order valence-corrected chi connectivity index (χ3v) is 7.34. The fourth-order valence-electron chi connectivity index (χ4n) is 3.55. The second-order valence-electron chi connectivity index (χ2n) is 7.45. The number of hydroxylamine groups is 1. The van der Waals surface area contributed by atoms with E-state index in [-0.39, 0.29) is 19.5 Å². The molecule has 3 rings (SSSR count). The highest BCUT2D eigenvalue weighted by molar-refractivity contribution is 7.90. The highest BCUT2D eigenvalue weighted by Crippen LogP contribution is 2.28. The minimum atomic E-state index is -3.92. The summed E-state index contributed by atoms with van der Waals surface area (Å²) in [4.78, 5) is 11.9. The van der Waals surface area contributed by atoms with Crippen molar-refractivity contribution in [2.24, 2.45) is 0 Å². The lowest BCUT2D eigenvalue weighted by Crippen LogP contribution is -2.47. The van der Waals surface area contributed by atoms with Crippen LogP contribution in [0.15, 0.2) is 72.8 Å². The van der Waals surface area contributed by atoms with Gasteiger partial charge in [0, 0.05) is 13.1 Å². The molecule has 0 fully saturated rings. The molecule has 158 valence electrons. The molecule has 2 N–H and O–H groups in total. The molecule has 2 aromatic carbocycles. The van der Waals surface area contributed by atoms with E-state index in [0.29, 0.717) is 12.0 Å². The number of nitrogens with one attached hydrogen (secondary N) is 1. The molecule has 1 aliphatic heterocycles. The molecule has 1 atom stereocenters. The minimum absolute atomic E-state index is 0.0389. The average molecular weight is 427 g/mol. The van der Waals surface area contributed by atoms with Crippen molar-refractivity contribution in [1.82, 2.24) is 9.79 Å². The van der Waals surface area contributed by atoms with Gasteiger partial charge in [0.05, 0.1) is 0 Å². The van der Waals surface area contributed by atoms with Gasteiger partial charge < -0.3 is 0 Å². The summed E-state index contributed by atoms with van der Waals surface area (Å²) < 4.78 is 27.2. The maximum atomic E-state index is 12.9. The summed E-state index contributed by atoms with van der Waals surface area (Å²) in [5.74, 6) is -0.940. The fourth-order valence-corrected chi connectivity index (χ4v) is 5.36. The number of hydrogen-bond donors (Lipinski definition) is 2. The summed E-state index contributed by atoms with van der Waals surface area (Å²) in [6.07, 6.45) is 2.39. The van der Waals surface area contributed by atoms with E-state index in [1.165, 1.54) is 9.79 Å². The summed E-state index contributed by atoms with van der Waals surface area (Å²) in [5, 5.41) is 7.56. The van der Waals surface area contributed by atoms with Gasteiger partial charge in [-0.25, -0.2) is 13.9 Å². The molecule has 0 bridgehead atoms. The largest absolute Gasteiger partial charge is 0.289 e. The molecular weight excluding hydrogens is 400 g/mol. The molecule has 1 unspecified atom stereocenters. The number of carbonyl (C=O) groups is 1. The first-order chi connectivity index (χ1) is 14.3. The van der Waals surface area contributed by atoms with E-state index in [1.807, 2.05) is 36.4 Å². The van der Waals surface area contributed by atoms with E-state index in [4.69, 9.17) is 5.21 Å². The van der Waals surface area contributed by atoms with Crippen molar-refractivity contribution in [3.05, 3.63) is 78.4 Å². The summed E-state index contributed by atoms with van der Waals surface area (Å²) in [6, 6.07) is 18.3. The van der Waals surface area contributed by atoms with Crippen molar-refractivity contribution >= 4 is 21.5 Å². The molecule has 6 nitrogen and oxygen atoms in total. The maximum absolute atomic E-state index is 12.9. The smallest absolute Gasteiger partial charge is 0.263 e. The Kier molecular flexibility index (Phi) is 6.87. The predicted molar refractivity (Wildman–Crippen MR) is 118 cm³/mol. The van der Waals surface area contributed by atoms with Crippen LogP contribution in [0.3, 0.4) is 0 Å². The monoisotopic (exact) mass is 426 g/mol. The molecule has 0 spiro atoms. The highest BCUT2D eigenvalue weighted by atomic mass is 32.2. The van der Waals surface area contributed by atoms with E-state index < -0.39 is 21.2 Å². The van der Waals surface area contributed by atoms with Gasteiger partial charge in [-0.15, -0.1) is 6.58 Å². The van der Waals surface area contributed by atoms with Crippen LogP contribution in [-0.4, -0.2) is 42.2 Å². The Hall–Kier alpha value is -2.74. The Labute approximate surface area is 177 Å².